The normalized spacial score (nSPS) is 18.4. The number of hydrogen-bond donors (Lipinski definition) is 4. The fraction of sp³-hybridized carbons (Fsp3) is 0.377. The number of aliphatic hydroxyl groups is 2. The summed E-state index contributed by atoms with van der Waals surface area (Å²) >= 11 is 6.89. The SMILES string of the molecule is C[C@@](CCO)(NCc1cc(Cl)c(O[C@H]2CCc3c(-c4cccc5c4CC[C@@H]5Oc4ccc(CN5CC[C@@H](O)C5)c(OCc5cncc(S(C)(=O)=O)c5)n4)cccc32)nc1OCc1cncc(S(C)(=O)=O)c1)C(=O)O. The van der Waals surface area contributed by atoms with Gasteiger partial charge >= 0.3 is 5.97 Å². The van der Waals surface area contributed by atoms with Crippen LogP contribution in [0.5, 0.6) is 23.5 Å². The summed E-state index contributed by atoms with van der Waals surface area (Å²) in [6.45, 7) is 2.71. The van der Waals surface area contributed by atoms with E-state index in [2.05, 4.69) is 38.4 Å². The Kier molecular flexibility index (Phi) is 15.6. The van der Waals surface area contributed by atoms with Gasteiger partial charge in [0.2, 0.25) is 23.5 Å². The zero-order valence-corrected chi connectivity index (χ0v) is 43.4. The fourth-order valence-electron chi connectivity index (χ4n) is 9.63. The van der Waals surface area contributed by atoms with E-state index in [1.165, 1.54) is 43.2 Å². The van der Waals surface area contributed by atoms with Gasteiger partial charge in [0, 0.05) is 98.4 Å². The first-order valence-electron chi connectivity index (χ1n) is 24.1. The lowest BCUT2D eigenvalue weighted by Gasteiger charge is -2.26. The highest BCUT2D eigenvalue weighted by Crippen LogP contribution is 2.46. The number of aliphatic carboxylic acids is 1. The van der Waals surface area contributed by atoms with Crippen molar-refractivity contribution < 1.29 is 55.9 Å². The van der Waals surface area contributed by atoms with E-state index < -0.39 is 43.4 Å². The second-order valence-electron chi connectivity index (χ2n) is 19.2. The summed E-state index contributed by atoms with van der Waals surface area (Å²) in [6, 6.07) is 20.7. The summed E-state index contributed by atoms with van der Waals surface area (Å²) in [5.41, 5.74) is 7.22. The maximum atomic E-state index is 12.3. The number of likely N-dealkylation sites (tertiary alicyclic amines) is 1. The van der Waals surface area contributed by atoms with Gasteiger partial charge in [-0.15, -0.1) is 0 Å². The van der Waals surface area contributed by atoms with E-state index in [1.807, 2.05) is 30.3 Å². The minimum absolute atomic E-state index is 0.0202. The first-order valence-corrected chi connectivity index (χ1v) is 28.3. The molecule has 0 bridgehead atoms. The molecule has 0 radical (unpaired) electrons. The molecular formula is C53H57ClN6O12S2. The molecule has 390 valence electrons. The van der Waals surface area contributed by atoms with Gasteiger partial charge in [0.25, 0.3) is 0 Å². The topological polar surface area (TPSA) is 250 Å². The minimum Gasteiger partial charge on any atom is -0.480 e. The number of fused-ring (bicyclic) bond motifs is 2. The minimum atomic E-state index is -3.55. The molecular weight excluding hydrogens is 1010 g/mol. The van der Waals surface area contributed by atoms with Crippen LogP contribution in [0.4, 0.5) is 0 Å². The molecule has 5 heterocycles. The van der Waals surface area contributed by atoms with Crippen molar-refractivity contribution in [1.82, 2.24) is 30.2 Å². The molecule has 18 nitrogen and oxygen atoms in total. The Morgan fingerprint density at radius 1 is 0.770 bits per heavy atom. The average Bonchev–Trinajstić information content (AvgIpc) is 4.11. The van der Waals surface area contributed by atoms with E-state index in [9.17, 15) is 36.9 Å². The summed E-state index contributed by atoms with van der Waals surface area (Å²) in [4.78, 5) is 32.2. The molecule has 21 heteroatoms. The lowest BCUT2D eigenvalue weighted by Crippen LogP contribution is -2.49. The number of ether oxygens (including phenoxy) is 4. The number of pyridine rings is 4. The van der Waals surface area contributed by atoms with Crippen LogP contribution >= 0.6 is 11.6 Å². The second-order valence-corrected chi connectivity index (χ2v) is 23.7. The van der Waals surface area contributed by atoms with Gasteiger partial charge in [0.05, 0.1) is 15.9 Å². The summed E-state index contributed by atoms with van der Waals surface area (Å²) in [7, 11) is -7.03. The predicted molar refractivity (Wildman–Crippen MR) is 273 cm³/mol. The molecule has 3 aliphatic rings. The molecule has 1 fully saturated rings. The number of carboxylic acids is 1. The van der Waals surface area contributed by atoms with E-state index in [-0.39, 0.29) is 65.5 Å². The Bertz CT molecular complexity index is 3310. The highest BCUT2D eigenvalue weighted by Gasteiger charge is 2.34. The number of nitrogens with one attached hydrogen (secondary N) is 1. The Labute approximate surface area is 434 Å². The van der Waals surface area contributed by atoms with E-state index in [1.54, 1.807) is 12.3 Å². The molecule has 4 atom stereocenters. The highest BCUT2D eigenvalue weighted by atomic mass is 35.5. The molecule has 4 aromatic heterocycles. The van der Waals surface area contributed by atoms with Crippen molar-refractivity contribution in [2.45, 2.75) is 105 Å². The predicted octanol–water partition coefficient (Wildman–Crippen LogP) is 6.57. The standard InChI is InChI=1S/C53H57ClN6O12S2/c1-53(17-19-61,52(63)64)57-25-35-22-45(54)51(59-50(35)70-31-33-21-38(27-56-24-33)74(3,67)68)72-47-14-12-42-40(7-5-9-44(42)47)39-6-4-8-43-41(39)11-13-46(43)71-48-15-10-34(28-60-18-16-36(62)29-60)49(58-48)69-30-32-20-37(26-55-23-32)73(2,65)66/h4-10,15,20-24,26-27,36,46-47,57,61-62H,11-14,16-19,25,28-31H2,1-3H3,(H,63,64)/t36-,46+,47+,53+/m1/s1. The average molecular weight is 1070 g/mol. The summed E-state index contributed by atoms with van der Waals surface area (Å²) in [6.07, 6.45) is 10.1. The molecule has 9 rings (SSSR count). The van der Waals surface area contributed by atoms with Crippen LogP contribution in [0.1, 0.15) is 89.3 Å². The fourth-order valence-corrected chi connectivity index (χ4v) is 11.1. The van der Waals surface area contributed by atoms with Gasteiger partial charge < -0.3 is 34.3 Å². The van der Waals surface area contributed by atoms with E-state index in [0.29, 0.717) is 67.2 Å². The van der Waals surface area contributed by atoms with Crippen molar-refractivity contribution in [3.63, 3.8) is 0 Å². The number of rotatable bonds is 21. The van der Waals surface area contributed by atoms with Gasteiger partial charge in [-0.05, 0) is 103 Å². The molecule has 2 aromatic carbocycles. The number of aliphatic hydroxyl groups excluding tert-OH is 2. The van der Waals surface area contributed by atoms with E-state index in [4.69, 9.17) is 40.5 Å². The molecule has 6 aromatic rings. The zero-order valence-electron chi connectivity index (χ0n) is 41.0. The van der Waals surface area contributed by atoms with Crippen molar-refractivity contribution in [3.05, 3.63) is 141 Å². The van der Waals surface area contributed by atoms with Gasteiger partial charge in [-0.1, -0.05) is 48.0 Å². The van der Waals surface area contributed by atoms with Crippen LogP contribution in [-0.4, -0.2) is 107 Å². The van der Waals surface area contributed by atoms with Crippen LogP contribution in [0, 0.1) is 0 Å². The van der Waals surface area contributed by atoms with Crippen LogP contribution in [0.25, 0.3) is 11.1 Å². The maximum absolute atomic E-state index is 12.3. The van der Waals surface area contributed by atoms with Gasteiger partial charge in [0.15, 0.2) is 19.7 Å². The number of carbonyl (C=O) groups is 1. The largest absolute Gasteiger partial charge is 0.480 e. The van der Waals surface area contributed by atoms with Crippen LogP contribution in [-0.2, 0) is 63.6 Å². The molecule has 0 saturated carbocycles. The third kappa shape index (κ3) is 12.0. The number of benzene rings is 2. The second kappa shape index (κ2) is 21.9. The molecule has 0 spiro atoms. The Morgan fingerprint density at radius 2 is 1.35 bits per heavy atom. The third-order valence-corrected chi connectivity index (χ3v) is 16.1. The van der Waals surface area contributed by atoms with Crippen LogP contribution < -0.4 is 24.3 Å². The first-order chi connectivity index (χ1) is 35.3. The van der Waals surface area contributed by atoms with Gasteiger partial charge in [0.1, 0.15) is 36.0 Å². The zero-order chi connectivity index (χ0) is 52.4. The molecule has 2 aliphatic carbocycles. The molecule has 0 unspecified atom stereocenters. The molecule has 4 N–H and O–H groups in total. The summed E-state index contributed by atoms with van der Waals surface area (Å²) < 4.78 is 74.7. The lowest BCUT2D eigenvalue weighted by molar-refractivity contribution is -0.145. The molecule has 74 heavy (non-hydrogen) atoms. The van der Waals surface area contributed by atoms with Crippen molar-refractivity contribution in [2.75, 3.05) is 32.2 Å². The first kappa shape index (κ1) is 52.6. The van der Waals surface area contributed by atoms with Crippen molar-refractivity contribution in [1.29, 1.82) is 0 Å². The van der Waals surface area contributed by atoms with Crippen molar-refractivity contribution >= 4 is 37.2 Å². The molecule has 0 amide bonds. The summed E-state index contributed by atoms with van der Waals surface area (Å²) in [5, 5.41) is 32.9. The maximum Gasteiger partial charge on any atom is 0.323 e. The Balaban J connectivity index is 0.949. The number of β-amino-alcohol motifs (C(OH)–C–C–N with tert-alkyl or cyclic N) is 1. The number of aromatic nitrogens is 4. The van der Waals surface area contributed by atoms with Crippen molar-refractivity contribution in [3.8, 4) is 34.6 Å². The van der Waals surface area contributed by atoms with Crippen molar-refractivity contribution in [2.24, 2.45) is 0 Å². The van der Waals surface area contributed by atoms with Crippen LogP contribution in [0.3, 0.4) is 0 Å². The van der Waals surface area contributed by atoms with Gasteiger partial charge in [-0.2, -0.15) is 9.97 Å². The number of hydrogen-bond acceptors (Lipinski definition) is 17. The third-order valence-electron chi connectivity index (χ3n) is 13.7. The molecule has 1 aliphatic heterocycles. The number of carboxylic acid groups (broad SMARTS) is 1. The number of halogens is 1. The van der Waals surface area contributed by atoms with Gasteiger partial charge in [-0.3, -0.25) is 25.0 Å². The lowest BCUT2D eigenvalue weighted by atomic mass is 9.91. The van der Waals surface area contributed by atoms with Crippen LogP contribution in [0.15, 0.2) is 101 Å². The monoisotopic (exact) mass is 1070 g/mol. The number of sulfone groups is 2. The summed E-state index contributed by atoms with van der Waals surface area (Å²) in [5.74, 6) is -0.265. The van der Waals surface area contributed by atoms with E-state index >= 15 is 0 Å². The van der Waals surface area contributed by atoms with Gasteiger partial charge in [-0.25, -0.2) is 16.8 Å². The highest BCUT2D eigenvalue weighted by molar-refractivity contribution is 7.91. The number of nitrogens with zero attached hydrogens (tertiary/aromatic N) is 5. The Hall–Kier alpha value is -6.26. The Morgan fingerprint density at radius 3 is 1.89 bits per heavy atom. The smallest absolute Gasteiger partial charge is 0.323 e. The molecule has 1 saturated heterocycles. The van der Waals surface area contributed by atoms with E-state index in [0.717, 1.165) is 58.9 Å². The quantitative estimate of drug-likeness (QED) is 0.0595. The van der Waals surface area contributed by atoms with Crippen LogP contribution in [0.2, 0.25) is 5.02 Å².